The summed E-state index contributed by atoms with van der Waals surface area (Å²) in [6, 6.07) is 8.17. The first-order valence-corrected chi connectivity index (χ1v) is 13.5. The largest absolute Gasteiger partial charge is 0.389 e. The fourth-order valence-electron chi connectivity index (χ4n) is 5.11. The van der Waals surface area contributed by atoms with Crippen LogP contribution in [0.2, 0.25) is 0 Å². The van der Waals surface area contributed by atoms with Crippen LogP contribution in [0, 0.1) is 5.92 Å². The maximum Gasteiger partial charge on any atom is 0.331 e. The lowest BCUT2D eigenvalue weighted by molar-refractivity contribution is -0.0778. The Morgan fingerprint density at radius 3 is 2.51 bits per heavy atom. The molecule has 1 fully saturated rings. The molecule has 37 heavy (non-hydrogen) atoms. The number of aromatic nitrogens is 2. The first-order chi connectivity index (χ1) is 17.7. The van der Waals surface area contributed by atoms with Crippen molar-refractivity contribution in [1.82, 2.24) is 14.2 Å². The Labute approximate surface area is 218 Å². The molecule has 10 nitrogen and oxygen atoms in total. The third-order valence-corrected chi connectivity index (χ3v) is 7.96. The molecule has 0 spiro atoms. The highest BCUT2D eigenvalue weighted by molar-refractivity contribution is 7.19. The number of para-hydroxylation sites is 2. The van der Waals surface area contributed by atoms with Crippen LogP contribution >= 0.6 is 11.3 Å². The number of benzene rings is 1. The summed E-state index contributed by atoms with van der Waals surface area (Å²) in [6.45, 7) is 8.58. The fourth-order valence-corrected chi connectivity index (χ4v) is 6.41. The van der Waals surface area contributed by atoms with Crippen LogP contribution < -0.4 is 21.0 Å². The zero-order valence-corrected chi connectivity index (χ0v) is 22.5. The Hall–Kier alpha value is -3.15. The fraction of sp³-hybridized carbons (Fsp3) is 0.500. The molecule has 4 heterocycles. The van der Waals surface area contributed by atoms with Crippen LogP contribution in [0.25, 0.3) is 10.2 Å². The van der Waals surface area contributed by atoms with E-state index in [1.54, 1.807) is 4.57 Å². The van der Waals surface area contributed by atoms with Crippen molar-refractivity contribution in [2.75, 3.05) is 36.2 Å². The SMILES string of the molecule is CCCN1CN(Cc2sc3c(c2C(=O)N2C[C@H](O)CO2)c(=O)n(C)c(=O)n3CC(C)C)c2ccccc21. The highest BCUT2D eigenvalue weighted by atomic mass is 32.1. The van der Waals surface area contributed by atoms with Crippen molar-refractivity contribution in [3.05, 3.63) is 55.5 Å². The van der Waals surface area contributed by atoms with Gasteiger partial charge in [-0.1, -0.05) is 32.9 Å². The maximum absolute atomic E-state index is 13.8. The Morgan fingerprint density at radius 1 is 1.19 bits per heavy atom. The number of amides is 1. The Morgan fingerprint density at radius 2 is 1.89 bits per heavy atom. The first kappa shape index (κ1) is 25.5. The molecular weight excluding hydrogens is 494 g/mol. The number of carbonyl (C=O) groups excluding carboxylic acids is 1. The normalized spacial score (nSPS) is 17.5. The number of hydroxylamine groups is 2. The van der Waals surface area contributed by atoms with E-state index in [-0.39, 0.29) is 30.0 Å². The highest BCUT2D eigenvalue weighted by Crippen LogP contribution is 2.39. The van der Waals surface area contributed by atoms with Crippen LogP contribution in [0.3, 0.4) is 0 Å². The number of aliphatic hydroxyl groups excluding tert-OH is 1. The van der Waals surface area contributed by atoms with Crippen LogP contribution in [0.4, 0.5) is 11.4 Å². The molecule has 5 rings (SSSR count). The van der Waals surface area contributed by atoms with Gasteiger partial charge in [0.15, 0.2) is 0 Å². The van der Waals surface area contributed by atoms with E-state index in [4.69, 9.17) is 4.84 Å². The number of rotatable bonds is 7. The second kappa shape index (κ2) is 9.96. The predicted molar refractivity (Wildman–Crippen MR) is 144 cm³/mol. The van der Waals surface area contributed by atoms with Crippen molar-refractivity contribution in [2.24, 2.45) is 13.0 Å². The molecule has 0 saturated carbocycles. The van der Waals surface area contributed by atoms with Gasteiger partial charge < -0.3 is 14.9 Å². The van der Waals surface area contributed by atoms with Gasteiger partial charge in [-0.2, -0.15) is 0 Å². The topological polar surface area (TPSA) is 100 Å². The van der Waals surface area contributed by atoms with Gasteiger partial charge in [-0.15, -0.1) is 11.3 Å². The smallest absolute Gasteiger partial charge is 0.331 e. The summed E-state index contributed by atoms with van der Waals surface area (Å²) in [4.78, 5) is 51.5. The van der Waals surface area contributed by atoms with Gasteiger partial charge in [-0.25, -0.2) is 9.86 Å². The van der Waals surface area contributed by atoms with E-state index in [0.717, 1.165) is 34.0 Å². The monoisotopic (exact) mass is 527 g/mol. The molecule has 3 aromatic rings. The summed E-state index contributed by atoms with van der Waals surface area (Å²) in [5, 5.41) is 11.3. The molecule has 2 aliphatic heterocycles. The van der Waals surface area contributed by atoms with Crippen molar-refractivity contribution < 1.29 is 14.7 Å². The molecule has 1 saturated heterocycles. The first-order valence-electron chi connectivity index (χ1n) is 12.7. The van der Waals surface area contributed by atoms with Crippen molar-refractivity contribution in [1.29, 1.82) is 0 Å². The van der Waals surface area contributed by atoms with Gasteiger partial charge in [0.25, 0.3) is 11.5 Å². The van der Waals surface area contributed by atoms with E-state index in [2.05, 4.69) is 28.9 Å². The molecular formula is C26H33N5O5S. The summed E-state index contributed by atoms with van der Waals surface area (Å²) < 4.78 is 2.68. The van der Waals surface area contributed by atoms with Gasteiger partial charge in [0.1, 0.15) is 17.5 Å². The molecule has 198 valence electrons. The molecule has 11 heteroatoms. The number of thiophene rings is 1. The second-order valence-corrected chi connectivity index (χ2v) is 11.2. The van der Waals surface area contributed by atoms with Crippen LogP contribution in [-0.4, -0.2) is 57.7 Å². The number of fused-ring (bicyclic) bond motifs is 2. The van der Waals surface area contributed by atoms with E-state index in [1.165, 1.54) is 18.4 Å². The van der Waals surface area contributed by atoms with Gasteiger partial charge >= 0.3 is 5.69 Å². The van der Waals surface area contributed by atoms with Crippen molar-refractivity contribution >= 4 is 38.8 Å². The van der Waals surface area contributed by atoms with Crippen LogP contribution in [-0.2, 0) is 25.0 Å². The van der Waals surface area contributed by atoms with E-state index >= 15 is 0 Å². The van der Waals surface area contributed by atoms with Crippen molar-refractivity contribution in [3.8, 4) is 0 Å². The zero-order valence-electron chi connectivity index (χ0n) is 21.6. The molecule has 0 unspecified atom stereocenters. The van der Waals surface area contributed by atoms with Gasteiger partial charge in [0, 0.05) is 25.0 Å². The summed E-state index contributed by atoms with van der Waals surface area (Å²) in [5.41, 5.74) is 1.55. The summed E-state index contributed by atoms with van der Waals surface area (Å²) in [5.74, 6) is -0.309. The molecule has 2 aromatic heterocycles. The number of aliphatic hydroxyl groups is 1. The molecule has 0 bridgehead atoms. The highest BCUT2D eigenvalue weighted by Gasteiger charge is 2.35. The molecule has 2 aliphatic rings. The Kier molecular flexibility index (Phi) is 6.86. The maximum atomic E-state index is 13.8. The second-order valence-electron chi connectivity index (χ2n) is 10.1. The predicted octanol–water partition coefficient (Wildman–Crippen LogP) is 2.36. The quantitative estimate of drug-likeness (QED) is 0.504. The lowest BCUT2D eigenvalue weighted by Gasteiger charge is -2.22. The molecule has 0 radical (unpaired) electrons. The Balaban J connectivity index is 1.68. The van der Waals surface area contributed by atoms with Gasteiger partial charge in [0.05, 0.1) is 42.1 Å². The van der Waals surface area contributed by atoms with Crippen molar-refractivity contribution in [3.63, 3.8) is 0 Å². The zero-order chi connectivity index (χ0) is 26.4. The average Bonchev–Trinajstić information content (AvgIpc) is 3.56. The van der Waals surface area contributed by atoms with Crippen LogP contribution in [0.5, 0.6) is 0 Å². The number of nitrogens with zero attached hydrogens (tertiary/aromatic N) is 5. The average molecular weight is 528 g/mol. The molecule has 1 N–H and O–H groups in total. The van der Waals surface area contributed by atoms with Gasteiger partial charge in [0.2, 0.25) is 0 Å². The van der Waals surface area contributed by atoms with E-state index < -0.39 is 23.3 Å². The number of hydrogen-bond acceptors (Lipinski definition) is 8. The van der Waals surface area contributed by atoms with Crippen LogP contribution in [0.15, 0.2) is 33.9 Å². The molecule has 1 amide bonds. The van der Waals surface area contributed by atoms with E-state index in [9.17, 15) is 19.5 Å². The summed E-state index contributed by atoms with van der Waals surface area (Å²) in [7, 11) is 1.45. The summed E-state index contributed by atoms with van der Waals surface area (Å²) in [6.07, 6.45) is 0.216. The van der Waals surface area contributed by atoms with E-state index in [0.29, 0.717) is 29.5 Å². The standard InChI is InChI=1S/C26H33N5O5S/c1-5-10-28-15-29(19-9-7-6-8-18(19)28)13-20-21(24(34)31-12-17(32)14-36-31)22-23(33)27(4)26(35)30(11-16(2)3)25(22)37-20/h6-9,16-17,32H,5,10-15H2,1-4H3/t17-/m0/s1. The lowest BCUT2D eigenvalue weighted by atomic mass is 10.1. The Bertz CT molecular complexity index is 1460. The molecule has 1 atom stereocenters. The minimum Gasteiger partial charge on any atom is -0.389 e. The third-order valence-electron chi connectivity index (χ3n) is 6.76. The van der Waals surface area contributed by atoms with Crippen LogP contribution in [0.1, 0.15) is 42.4 Å². The minimum absolute atomic E-state index is 0.0185. The third kappa shape index (κ3) is 4.45. The number of hydrogen-bond donors (Lipinski definition) is 1. The summed E-state index contributed by atoms with van der Waals surface area (Å²) >= 11 is 1.32. The van der Waals surface area contributed by atoms with Crippen molar-refractivity contribution in [2.45, 2.75) is 46.4 Å². The number of anilines is 2. The molecule has 0 aliphatic carbocycles. The van der Waals surface area contributed by atoms with E-state index in [1.807, 2.05) is 26.0 Å². The lowest BCUT2D eigenvalue weighted by Crippen LogP contribution is -2.39. The number of β-amino-alcohol motifs (C(OH)–C–C–N with tert-alkyl or cyclic N) is 1. The number of carbonyl (C=O) groups is 1. The minimum atomic E-state index is -0.785. The molecule has 1 aromatic carbocycles. The van der Waals surface area contributed by atoms with Gasteiger partial charge in [-0.05, 0) is 24.5 Å². The van der Waals surface area contributed by atoms with Gasteiger partial charge in [-0.3, -0.25) is 23.6 Å².